The number of nitrogens with one attached hydrogen (secondary N) is 1. The number of nitrogens with zero attached hydrogens (tertiary/aromatic N) is 1. The molecule has 9 heteroatoms. The molecule has 150 valence electrons. The van der Waals surface area contributed by atoms with E-state index in [1.165, 1.54) is 23.5 Å². The number of rotatable bonds is 6. The maximum atomic E-state index is 12.7. The van der Waals surface area contributed by atoms with Crippen molar-refractivity contribution < 1.29 is 19.1 Å². The number of methoxy groups -OCH3 is 2. The summed E-state index contributed by atoms with van der Waals surface area (Å²) < 4.78 is 10.6. The summed E-state index contributed by atoms with van der Waals surface area (Å²) in [5, 5.41) is 3.64. The van der Waals surface area contributed by atoms with E-state index in [1.807, 2.05) is 6.07 Å². The minimum Gasteiger partial charge on any atom is -0.493 e. The van der Waals surface area contributed by atoms with E-state index < -0.39 is 5.91 Å². The minimum absolute atomic E-state index is 0.136. The average molecular weight is 432 g/mol. The summed E-state index contributed by atoms with van der Waals surface area (Å²) in [6.45, 7) is 1.76. The van der Waals surface area contributed by atoms with Crippen LogP contribution in [0.3, 0.4) is 0 Å². The normalized spacial score (nSPS) is 10.5. The Kier molecular flexibility index (Phi) is 6.05. The van der Waals surface area contributed by atoms with Gasteiger partial charge in [-0.25, -0.2) is 4.98 Å². The number of hydrogen-bond acceptors (Lipinski definition) is 6. The van der Waals surface area contributed by atoms with E-state index in [4.69, 9.17) is 26.8 Å². The van der Waals surface area contributed by atoms with Crippen molar-refractivity contribution in [2.24, 2.45) is 5.73 Å². The summed E-state index contributed by atoms with van der Waals surface area (Å²) in [5.41, 5.74) is 7.23. The molecule has 7 nitrogen and oxygen atoms in total. The van der Waals surface area contributed by atoms with E-state index >= 15 is 0 Å². The third-order valence-corrected chi connectivity index (χ3v) is 5.66. The van der Waals surface area contributed by atoms with Crippen molar-refractivity contribution in [3.63, 3.8) is 0 Å². The number of carbonyl (C=O) groups excluding carboxylic acids is 2. The second kappa shape index (κ2) is 8.50. The summed E-state index contributed by atoms with van der Waals surface area (Å²) in [4.78, 5) is 29.1. The molecule has 0 spiro atoms. The minimum atomic E-state index is -0.671. The number of nitrogens with two attached hydrogens (primary N) is 1. The number of halogens is 1. The number of primary amides is 1. The molecule has 0 aliphatic rings. The van der Waals surface area contributed by atoms with E-state index in [0.29, 0.717) is 32.8 Å². The van der Waals surface area contributed by atoms with Crippen molar-refractivity contribution in [1.82, 2.24) is 4.98 Å². The highest BCUT2D eigenvalue weighted by Gasteiger charge is 2.18. The van der Waals surface area contributed by atoms with Gasteiger partial charge in [-0.15, -0.1) is 11.3 Å². The third-order valence-electron chi connectivity index (χ3n) is 4.12. The molecule has 29 heavy (non-hydrogen) atoms. The molecule has 0 unspecified atom stereocenters. The number of thiazole rings is 1. The van der Waals surface area contributed by atoms with Gasteiger partial charge in [0, 0.05) is 11.3 Å². The van der Waals surface area contributed by atoms with Gasteiger partial charge in [0.05, 0.1) is 30.5 Å². The molecule has 1 aromatic heterocycles. The lowest BCUT2D eigenvalue weighted by Crippen LogP contribution is -2.14. The van der Waals surface area contributed by atoms with E-state index in [2.05, 4.69) is 10.3 Å². The first-order valence-electron chi connectivity index (χ1n) is 8.44. The van der Waals surface area contributed by atoms with Crippen LogP contribution in [-0.4, -0.2) is 31.0 Å². The first-order valence-corrected chi connectivity index (χ1v) is 9.64. The maximum absolute atomic E-state index is 12.7. The molecule has 0 aliphatic heterocycles. The maximum Gasteiger partial charge on any atom is 0.267 e. The van der Waals surface area contributed by atoms with Crippen LogP contribution in [-0.2, 0) is 0 Å². The molecular weight excluding hydrogens is 414 g/mol. The van der Waals surface area contributed by atoms with Crippen LogP contribution in [0, 0.1) is 6.92 Å². The molecule has 2 aromatic carbocycles. The molecule has 3 N–H and O–H groups in total. The number of anilines is 1. The van der Waals surface area contributed by atoms with Gasteiger partial charge < -0.3 is 20.5 Å². The van der Waals surface area contributed by atoms with Gasteiger partial charge in [0.25, 0.3) is 5.91 Å². The summed E-state index contributed by atoms with van der Waals surface area (Å²) in [6.07, 6.45) is 0. The smallest absolute Gasteiger partial charge is 0.267 e. The number of aryl methyl sites for hydroxylation is 1. The first kappa shape index (κ1) is 20.6. The number of amides is 2. The molecule has 0 atom stereocenters. The predicted octanol–water partition coefficient (Wildman–Crippen LogP) is 4.14. The second-order valence-electron chi connectivity index (χ2n) is 6.02. The van der Waals surface area contributed by atoms with Crippen LogP contribution >= 0.6 is 22.9 Å². The standard InChI is InChI=1S/C20H18ClN3O4S/c1-10-17(19(26)24-12-5-6-14(21)13(9-12)18(22)25)29-20(23-10)11-4-7-15(27-2)16(8-11)28-3/h4-9H,1-3H3,(H2,22,25)(H,24,26). The number of carbonyl (C=O) groups is 2. The first-order chi connectivity index (χ1) is 13.8. The SMILES string of the molecule is COc1ccc(-c2nc(C)c(C(=O)Nc3ccc(Cl)c(C(N)=O)c3)s2)cc1OC. The van der Waals surface area contributed by atoms with Gasteiger partial charge in [-0.2, -0.15) is 0 Å². The van der Waals surface area contributed by atoms with E-state index in [9.17, 15) is 9.59 Å². The molecule has 0 radical (unpaired) electrons. The van der Waals surface area contributed by atoms with Gasteiger partial charge in [0.15, 0.2) is 11.5 Å². The zero-order valence-corrected chi connectivity index (χ0v) is 17.5. The van der Waals surface area contributed by atoms with Gasteiger partial charge in [-0.3, -0.25) is 9.59 Å². The topological polar surface area (TPSA) is 104 Å². The van der Waals surface area contributed by atoms with Crippen LogP contribution in [0.2, 0.25) is 5.02 Å². The van der Waals surface area contributed by atoms with Gasteiger partial charge in [0.1, 0.15) is 9.88 Å². The highest BCUT2D eigenvalue weighted by molar-refractivity contribution is 7.17. The highest BCUT2D eigenvalue weighted by Crippen LogP contribution is 2.35. The Bertz CT molecular complexity index is 1100. The van der Waals surface area contributed by atoms with E-state index in [0.717, 1.165) is 5.56 Å². The van der Waals surface area contributed by atoms with Crippen LogP contribution in [0.25, 0.3) is 10.6 Å². The highest BCUT2D eigenvalue weighted by atomic mass is 35.5. The van der Waals surface area contributed by atoms with Crippen molar-refractivity contribution in [3.8, 4) is 22.1 Å². The Morgan fingerprint density at radius 1 is 1.10 bits per heavy atom. The fraction of sp³-hybridized carbons (Fsp3) is 0.150. The summed E-state index contributed by atoms with van der Waals surface area (Å²) >= 11 is 7.20. The molecule has 1 heterocycles. The molecule has 0 fully saturated rings. The van der Waals surface area contributed by atoms with Crippen LogP contribution in [0.15, 0.2) is 36.4 Å². The molecule has 0 saturated heterocycles. The Labute approximate surface area is 176 Å². The van der Waals surface area contributed by atoms with Crippen LogP contribution in [0.5, 0.6) is 11.5 Å². The van der Waals surface area contributed by atoms with Gasteiger partial charge in [-0.1, -0.05) is 11.6 Å². The van der Waals surface area contributed by atoms with Crippen molar-refractivity contribution in [2.75, 3.05) is 19.5 Å². The third kappa shape index (κ3) is 4.33. The number of ether oxygens (including phenoxy) is 2. The average Bonchev–Trinajstić information content (AvgIpc) is 3.10. The van der Waals surface area contributed by atoms with Crippen LogP contribution in [0.1, 0.15) is 25.7 Å². The second-order valence-corrected chi connectivity index (χ2v) is 7.42. The predicted molar refractivity (Wildman–Crippen MR) is 113 cm³/mol. The van der Waals surface area contributed by atoms with Crippen molar-refractivity contribution in [3.05, 3.63) is 57.6 Å². The summed E-state index contributed by atoms with van der Waals surface area (Å²) in [7, 11) is 3.12. The lowest BCUT2D eigenvalue weighted by Gasteiger charge is -2.08. The quantitative estimate of drug-likeness (QED) is 0.610. The zero-order valence-electron chi connectivity index (χ0n) is 15.9. The van der Waals surface area contributed by atoms with Crippen LogP contribution < -0.4 is 20.5 Å². The summed E-state index contributed by atoms with van der Waals surface area (Å²) in [6, 6.07) is 9.97. The Hall–Kier alpha value is -3.10. The molecule has 0 saturated carbocycles. The molecule has 0 aliphatic carbocycles. The van der Waals surface area contributed by atoms with E-state index in [1.54, 1.807) is 39.3 Å². The van der Waals surface area contributed by atoms with Crippen molar-refractivity contribution in [2.45, 2.75) is 6.92 Å². The molecular formula is C20H18ClN3O4S. The van der Waals surface area contributed by atoms with Crippen molar-refractivity contribution in [1.29, 1.82) is 0 Å². The lowest BCUT2D eigenvalue weighted by molar-refractivity contribution is 0.0996. The van der Waals surface area contributed by atoms with Gasteiger partial charge in [-0.05, 0) is 43.3 Å². The van der Waals surface area contributed by atoms with Crippen LogP contribution in [0.4, 0.5) is 5.69 Å². The molecule has 3 rings (SSSR count). The monoisotopic (exact) mass is 431 g/mol. The van der Waals surface area contributed by atoms with Gasteiger partial charge >= 0.3 is 0 Å². The van der Waals surface area contributed by atoms with E-state index in [-0.39, 0.29) is 16.5 Å². The van der Waals surface area contributed by atoms with Crippen molar-refractivity contribution >= 4 is 40.4 Å². The molecule has 0 bridgehead atoms. The number of aromatic nitrogens is 1. The Morgan fingerprint density at radius 2 is 1.83 bits per heavy atom. The zero-order chi connectivity index (χ0) is 21.1. The molecule has 3 aromatic rings. The fourth-order valence-electron chi connectivity index (χ4n) is 2.68. The fourth-order valence-corrected chi connectivity index (χ4v) is 3.85. The number of hydrogen-bond donors (Lipinski definition) is 2. The Balaban J connectivity index is 1.88. The number of benzene rings is 2. The largest absolute Gasteiger partial charge is 0.493 e. The Morgan fingerprint density at radius 3 is 2.48 bits per heavy atom. The molecule has 2 amide bonds. The van der Waals surface area contributed by atoms with Gasteiger partial charge in [0.2, 0.25) is 5.91 Å². The lowest BCUT2D eigenvalue weighted by atomic mass is 10.2. The summed E-state index contributed by atoms with van der Waals surface area (Å²) in [5.74, 6) is 0.166.